The Labute approximate surface area is 140 Å². The molecule has 0 spiro atoms. The number of hydrogen-bond donors (Lipinski definition) is 1. The van der Waals surface area contributed by atoms with Gasteiger partial charge in [0.15, 0.2) is 5.69 Å². The highest BCUT2D eigenvalue weighted by molar-refractivity contribution is 7.88. The molecular formula is C17H18N2O4S. The van der Waals surface area contributed by atoms with Crippen LogP contribution < -0.4 is 0 Å². The van der Waals surface area contributed by atoms with Crippen LogP contribution in [0.2, 0.25) is 0 Å². The van der Waals surface area contributed by atoms with E-state index in [1.165, 1.54) is 10.5 Å². The van der Waals surface area contributed by atoms with Gasteiger partial charge in [0.1, 0.15) is 0 Å². The minimum absolute atomic E-state index is 0.0546. The van der Waals surface area contributed by atoms with Crippen molar-refractivity contribution in [3.05, 3.63) is 64.5 Å². The van der Waals surface area contributed by atoms with Gasteiger partial charge in [-0.2, -0.15) is 4.31 Å². The van der Waals surface area contributed by atoms with Gasteiger partial charge in [-0.3, -0.25) is 0 Å². The largest absolute Gasteiger partial charge is 0.477 e. The molecule has 0 atom stereocenters. The Morgan fingerprint density at radius 3 is 2.62 bits per heavy atom. The number of nitrogens with zero attached hydrogens (tertiary/aromatic N) is 2. The van der Waals surface area contributed by atoms with Crippen molar-refractivity contribution in [3.63, 3.8) is 0 Å². The summed E-state index contributed by atoms with van der Waals surface area (Å²) in [6, 6.07) is 9.11. The maximum absolute atomic E-state index is 12.7. The van der Waals surface area contributed by atoms with Crippen molar-refractivity contribution in [2.45, 2.75) is 25.6 Å². The second-order valence-corrected chi connectivity index (χ2v) is 7.90. The molecule has 6 nitrogen and oxygen atoms in total. The first-order chi connectivity index (χ1) is 11.4. The van der Waals surface area contributed by atoms with Crippen LogP contribution in [-0.2, 0) is 28.7 Å². The van der Waals surface area contributed by atoms with Gasteiger partial charge in [-0.1, -0.05) is 29.8 Å². The molecule has 0 fully saturated rings. The molecule has 0 amide bonds. The number of carboxylic acids is 1. The zero-order valence-electron chi connectivity index (χ0n) is 13.3. The van der Waals surface area contributed by atoms with Gasteiger partial charge < -0.3 is 5.11 Å². The summed E-state index contributed by atoms with van der Waals surface area (Å²) in [4.78, 5) is 15.2. The fourth-order valence-corrected chi connectivity index (χ4v) is 4.34. The lowest BCUT2D eigenvalue weighted by molar-refractivity contribution is 0.0687. The Bertz CT molecular complexity index is 876. The number of carbonyl (C=O) groups is 1. The molecule has 0 aliphatic carbocycles. The van der Waals surface area contributed by atoms with Gasteiger partial charge in [-0.15, -0.1) is 0 Å². The molecule has 0 saturated carbocycles. The Hall–Kier alpha value is -2.25. The van der Waals surface area contributed by atoms with Gasteiger partial charge in [0, 0.05) is 24.8 Å². The van der Waals surface area contributed by atoms with E-state index in [4.69, 9.17) is 0 Å². The lowest BCUT2D eigenvalue weighted by atomic mass is 10.0. The summed E-state index contributed by atoms with van der Waals surface area (Å²) in [6.07, 6.45) is 1.95. The summed E-state index contributed by atoms with van der Waals surface area (Å²) in [7, 11) is -3.52. The number of aryl methyl sites for hydroxylation is 1. The van der Waals surface area contributed by atoms with Crippen molar-refractivity contribution >= 4 is 16.0 Å². The van der Waals surface area contributed by atoms with E-state index in [-0.39, 0.29) is 18.0 Å². The zero-order valence-corrected chi connectivity index (χ0v) is 14.1. The molecule has 1 aromatic heterocycles. The summed E-state index contributed by atoms with van der Waals surface area (Å²) in [6.45, 7) is 2.35. The molecule has 0 saturated heterocycles. The van der Waals surface area contributed by atoms with Crippen molar-refractivity contribution in [1.29, 1.82) is 0 Å². The van der Waals surface area contributed by atoms with Crippen LogP contribution in [0.4, 0.5) is 0 Å². The van der Waals surface area contributed by atoms with Crippen LogP contribution in [0.5, 0.6) is 0 Å². The van der Waals surface area contributed by atoms with Crippen molar-refractivity contribution in [2.24, 2.45) is 0 Å². The molecule has 0 radical (unpaired) electrons. The quantitative estimate of drug-likeness (QED) is 0.914. The van der Waals surface area contributed by atoms with Gasteiger partial charge in [-0.05, 0) is 30.5 Å². The summed E-state index contributed by atoms with van der Waals surface area (Å²) in [5, 5.41) is 9.26. The molecule has 7 heteroatoms. The Morgan fingerprint density at radius 1 is 1.25 bits per heavy atom. The second kappa shape index (κ2) is 6.33. The molecule has 2 heterocycles. The monoisotopic (exact) mass is 346 g/mol. The number of benzene rings is 1. The highest BCUT2D eigenvalue weighted by Gasteiger charge is 2.29. The SMILES string of the molecule is Cc1ccc(CS(=O)(=O)N2CCc3ccnc(C(=O)O)c3C2)cc1. The fraction of sp³-hybridized carbons (Fsp3) is 0.294. The van der Waals surface area contributed by atoms with E-state index in [0.29, 0.717) is 18.5 Å². The summed E-state index contributed by atoms with van der Waals surface area (Å²) in [5.41, 5.74) is 3.06. The molecule has 1 aliphatic rings. The van der Waals surface area contributed by atoms with Gasteiger partial charge >= 0.3 is 5.97 Å². The minimum atomic E-state index is -3.52. The van der Waals surface area contributed by atoms with Crippen molar-refractivity contribution in [2.75, 3.05) is 6.54 Å². The van der Waals surface area contributed by atoms with Gasteiger partial charge in [0.25, 0.3) is 0 Å². The third-order valence-corrected chi connectivity index (χ3v) is 5.98. The molecule has 1 aliphatic heterocycles. The minimum Gasteiger partial charge on any atom is -0.477 e. The molecule has 24 heavy (non-hydrogen) atoms. The van der Waals surface area contributed by atoms with E-state index in [9.17, 15) is 18.3 Å². The molecule has 3 rings (SSSR count). The molecular weight excluding hydrogens is 328 g/mol. The van der Waals surface area contributed by atoms with Crippen molar-refractivity contribution < 1.29 is 18.3 Å². The summed E-state index contributed by atoms with van der Waals surface area (Å²) in [5.74, 6) is -1.23. The van der Waals surface area contributed by atoms with Crippen LogP contribution in [0.15, 0.2) is 36.5 Å². The average Bonchev–Trinajstić information content (AvgIpc) is 2.55. The highest BCUT2D eigenvalue weighted by atomic mass is 32.2. The normalized spacial score (nSPS) is 15.0. The first kappa shape index (κ1) is 16.6. The molecule has 126 valence electrons. The lowest BCUT2D eigenvalue weighted by Crippen LogP contribution is -2.37. The number of aromatic carboxylic acids is 1. The fourth-order valence-electron chi connectivity index (χ4n) is 2.85. The first-order valence-electron chi connectivity index (χ1n) is 7.60. The van der Waals surface area contributed by atoms with E-state index in [2.05, 4.69) is 4.98 Å². The zero-order chi connectivity index (χ0) is 17.3. The topological polar surface area (TPSA) is 87.6 Å². The Morgan fingerprint density at radius 2 is 1.96 bits per heavy atom. The number of sulfonamides is 1. The van der Waals surface area contributed by atoms with E-state index in [1.807, 2.05) is 19.1 Å². The highest BCUT2D eigenvalue weighted by Crippen LogP contribution is 2.24. The number of fused-ring (bicyclic) bond motifs is 1. The van der Waals surface area contributed by atoms with Crippen LogP contribution in [0.25, 0.3) is 0 Å². The van der Waals surface area contributed by atoms with Crippen LogP contribution in [0, 0.1) is 6.92 Å². The molecule has 0 unspecified atom stereocenters. The number of hydrogen-bond acceptors (Lipinski definition) is 4. The molecule has 1 N–H and O–H groups in total. The summed E-state index contributed by atoms with van der Waals surface area (Å²) >= 11 is 0. The smallest absolute Gasteiger partial charge is 0.354 e. The van der Waals surface area contributed by atoms with Crippen LogP contribution in [0.3, 0.4) is 0 Å². The molecule has 0 bridgehead atoms. The second-order valence-electron chi connectivity index (χ2n) is 5.93. The number of aromatic nitrogens is 1. The van der Waals surface area contributed by atoms with E-state index in [1.54, 1.807) is 18.2 Å². The molecule has 1 aromatic carbocycles. The number of pyridine rings is 1. The standard InChI is InChI=1S/C17H18N2O4S/c1-12-2-4-13(5-3-12)11-24(22,23)19-9-7-14-6-8-18-16(17(20)21)15(14)10-19/h2-6,8H,7,9-11H2,1H3,(H,20,21). The first-order valence-corrected chi connectivity index (χ1v) is 9.21. The van der Waals surface area contributed by atoms with E-state index < -0.39 is 16.0 Å². The van der Waals surface area contributed by atoms with Crippen molar-refractivity contribution in [1.82, 2.24) is 9.29 Å². The predicted molar refractivity (Wildman–Crippen MR) is 89.1 cm³/mol. The average molecular weight is 346 g/mol. The number of carboxylic acid groups (broad SMARTS) is 1. The Kier molecular flexibility index (Phi) is 4.38. The number of rotatable bonds is 4. The van der Waals surface area contributed by atoms with Gasteiger partial charge in [0.2, 0.25) is 10.0 Å². The summed E-state index contributed by atoms with van der Waals surface area (Å²) < 4.78 is 26.7. The predicted octanol–water partition coefficient (Wildman–Crippen LogP) is 1.98. The van der Waals surface area contributed by atoms with Gasteiger partial charge in [-0.25, -0.2) is 18.2 Å². The van der Waals surface area contributed by atoms with Crippen LogP contribution >= 0.6 is 0 Å². The Balaban J connectivity index is 1.86. The van der Waals surface area contributed by atoms with Crippen LogP contribution in [0.1, 0.15) is 32.7 Å². The third kappa shape index (κ3) is 3.32. The van der Waals surface area contributed by atoms with E-state index in [0.717, 1.165) is 16.7 Å². The third-order valence-electron chi connectivity index (χ3n) is 4.18. The van der Waals surface area contributed by atoms with Gasteiger partial charge in [0.05, 0.1) is 5.75 Å². The maximum atomic E-state index is 12.7. The lowest BCUT2D eigenvalue weighted by Gasteiger charge is -2.28. The van der Waals surface area contributed by atoms with E-state index >= 15 is 0 Å². The molecule has 2 aromatic rings. The van der Waals surface area contributed by atoms with Crippen molar-refractivity contribution in [3.8, 4) is 0 Å². The van der Waals surface area contributed by atoms with Crippen LogP contribution in [-0.4, -0.2) is 35.3 Å². The maximum Gasteiger partial charge on any atom is 0.354 e.